The Labute approximate surface area is 119 Å². The Hall–Kier alpha value is -1.07. The molecule has 0 N–H and O–H groups in total. The van der Waals surface area contributed by atoms with Crippen LogP contribution in [-0.4, -0.2) is 5.78 Å². The average Bonchev–Trinajstić information content (AvgIpc) is 2.34. The van der Waals surface area contributed by atoms with Crippen molar-refractivity contribution in [1.82, 2.24) is 0 Å². The van der Waals surface area contributed by atoms with Gasteiger partial charge in [-0.05, 0) is 36.4 Å². The molecule has 2 aromatic rings. The van der Waals surface area contributed by atoms with Gasteiger partial charge in [0.15, 0.2) is 5.78 Å². The van der Waals surface area contributed by atoms with Crippen molar-refractivity contribution in [3.05, 3.63) is 68.1 Å². The molecular weight excluding hydrogens is 370 g/mol. The van der Waals surface area contributed by atoms with E-state index < -0.39 is 17.4 Å². The second-order valence-electron chi connectivity index (χ2n) is 3.58. The lowest BCUT2D eigenvalue weighted by Crippen LogP contribution is -2.04. The summed E-state index contributed by atoms with van der Waals surface area (Å²) in [6.07, 6.45) is 0. The predicted molar refractivity (Wildman–Crippen MR) is 71.6 cm³/mol. The van der Waals surface area contributed by atoms with Gasteiger partial charge in [0, 0.05) is 20.1 Å². The summed E-state index contributed by atoms with van der Waals surface area (Å²) >= 11 is 6.35. The molecule has 0 unspecified atom stereocenters. The van der Waals surface area contributed by atoms with Gasteiger partial charge in [-0.3, -0.25) is 4.79 Å². The molecule has 92 valence electrons. The van der Waals surface area contributed by atoms with E-state index >= 15 is 0 Å². The third-order valence-corrected chi connectivity index (χ3v) is 3.73. The summed E-state index contributed by atoms with van der Waals surface area (Å²) < 4.78 is 27.2. The molecule has 0 atom stereocenters. The number of rotatable bonds is 2. The van der Waals surface area contributed by atoms with Gasteiger partial charge in [-0.25, -0.2) is 8.78 Å². The van der Waals surface area contributed by atoms with Crippen LogP contribution in [0.1, 0.15) is 15.9 Å². The van der Waals surface area contributed by atoms with E-state index in [-0.39, 0.29) is 11.1 Å². The van der Waals surface area contributed by atoms with Gasteiger partial charge in [-0.2, -0.15) is 0 Å². The van der Waals surface area contributed by atoms with E-state index in [2.05, 4.69) is 31.9 Å². The maximum absolute atomic E-state index is 13.1. The van der Waals surface area contributed by atoms with E-state index in [4.69, 9.17) is 0 Å². The summed E-state index contributed by atoms with van der Waals surface area (Å²) in [5, 5.41) is 0. The first-order valence-electron chi connectivity index (χ1n) is 4.94. The molecule has 2 rings (SSSR count). The number of carbonyl (C=O) groups excluding carboxylic acids is 1. The van der Waals surface area contributed by atoms with E-state index in [0.29, 0.717) is 8.95 Å². The molecule has 0 radical (unpaired) electrons. The van der Waals surface area contributed by atoms with Crippen molar-refractivity contribution in [2.24, 2.45) is 0 Å². The fourth-order valence-corrected chi connectivity index (χ4v) is 2.34. The van der Waals surface area contributed by atoms with E-state index in [1.54, 1.807) is 0 Å². The van der Waals surface area contributed by atoms with Gasteiger partial charge in [0.05, 0.1) is 0 Å². The minimum Gasteiger partial charge on any atom is -0.289 e. The van der Waals surface area contributed by atoms with Crippen molar-refractivity contribution < 1.29 is 13.6 Å². The van der Waals surface area contributed by atoms with Gasteiger partial charge in [-0.15, -0.1) is 0 Å². The quantitative estimate of drug-likeness (QED) is 0.694. The summed E-state index contributed by atoms with van der Waals surface area (Å²) in [6.45, 7) is 0. The molecule has 0 spiro atoms. The van der Waals surface area contributed by atoms with E-state index in [0.717, 1.165) is 12.1 Å². The monoisotopic (exact) mass is 374 g/mol. The largest absolute Gasteiger partial charge is 0.289 e. The van der Waals surface area contributed by atoms with Crippen molar-refractivity contribution in [2.75, 3.05) is 0 Å². The molecule has 0 bridgehead atoms. The molecule has 1 nitrogen and oxygen atoms in total. The van der Waals surface area contributed by atoms with Crippen molar-refractivity contribution in [3.8, 4) is 0 Å². The smallest absolute Gasteiger partial charge is 0.195 e. The highest BCUT2D eigenvalue weighted by molar-refractivity contribution is 9.10. The van der Waals surface area contributed by atoms with Gasteiger partial charge >= 0.3 is 0 Å². The Morgan fingerprint density at radius 3 is 1.61 bits per heavy atom. The lowest BCUT2D eigenvalue weighted by Gasteiger charge is -2.06. The first-order valence-corrected chi connectivity index (χ1v) is 6.52. The minimum absolute atomic E-state index is 0.154. The number of ketones is 1. The molecule has 0 fully saturated rings. The zero-order valence-electron chi connectivity index (χ0n) is 8.88. The molecule has 18 heavy (non-hydrogen) atoms. The van der Waals surface area contributed by atoms with Crippen LogP contribution in [0.25, 0.3) is 0 Å². The van der Waals surface area contributed by atoms with E-state index in [1.807, 2.05) is 0 Å². The van der Waals surface area contributed by atoms with Crippen LogP contribution in [0.3, 0.4) is 0 Å². The van der Waals surface area contributed by atoms with Crippen LogP contribution in [-0.2, 0) is 0 Å². The van der Waals surface area contributed by atoms with Crippen LogP contribution in [0.5, 0.6) is 0 Å². The lowest BCUT2D eigenvalue weighted by atomic mass is 10.0. The number of benzene rings is 2. The molecule has 0 aromatic heterocycles. The zero-order chi connectivity index (χ0) is 13.3. The molecule has 2 aromatic carbocycles. The van der Waals surface area contributed by atoms with Crippen LogP contribution in [0.4, 0.5) is 8.78 Å². The minimum atomic E-state index is -0.519. The first kappa shape index (κ1) is 13.4. The Morgan fingerprint density at radius 1 is 0.833 bits per heavy atom. The SMILES string of the molecule is O=C(c1cc(F)ccc1Br)c1cc(F)ccc1Br. The third kappa shape index (κ3) is 2.67. The van der Waals surface area contributed by atoms with Gasteiger partial charge in [-0.1, -0.05) is 31.9 Å². The average molecular weight is 376 g/mol. The predicted octanol–water partition coefficient (Wildman–Crippen LogP) is 4.72. The topological polar surface area (TPSA) is 17.1 Å². The van der Waals surface area contributed by atoms with Crippen LogP contribution >= 0.6 is 31.9 Å². The summed E-state index contributed by atoms with van der Waals surface area (Å²) in [5.41, 5.74) is 0.308. The maximum Gasteiger partial charge on any atom is 0.195 e. The van der Waals surface area contributed by atoms with Crippen molar-refractivity contribution in [2.45, 2.75) is 0 Å². The van der Waals surface area contributed by atoms with Crippen LogP contribution in [0.15, 0.2) is 45.3 Å². The molecule has 5 heteroatoms. The van der Waals surface area contributed by atoms with Crippen molar-refractivity contribution >= 4 is 37.6 Å². The second kappa shape index (κ2) is 5.28. The molecule has 0 saturated carbocycles. The van der Waals surface area contributed by atoms with Crippen LogP contribution in [0, 0.1) is 11.6 Å². The van der Waals surface area contributed by atoms with Gasteiger partial charge < -0.3 is 0 Å². The van der Waals surface area contributed by atoms with E-state index in [9.17, 15) is 13.6 Å². The number of hydrogen-bond donors (Lipinski definition) is 0. The Balaban J connectivity index is 2.54. The van der Waals surface area contributed by atoms with Crippen LogP contribution in [0.2, 0.25) is 0 Å². The first-order chi connectivity index (χ1) is 8.49. The number of hydrogen-bond acceptors (Lipinski definition) is 1. The molecule has 0 heterocycles. The lowest BCUT2D eigenvalue weighted by molar-refractivity contribution is 0.103. The molecule has 0 aliphatic heterocycles. The van der Waals surface area contributed by atoms with Crippen molar-refractivity contribution in [1.29, 1.82) is 0 Å². The highest BCUT2D eigenvalue weighted by Crippen LogP contribution is 2.25. The Morgan fingerprint density at radius 2 is 1.22 bits per heavy atom. The van der Waals surface area contributed by atoms with Gasteiger partial charge in [0.2, 0.25) is 0 Å². The third-order valence-electron chi connectivity index (χ3n) is 2.35. The fourth-order valence-electron chi connectivity index (χ4n) is 1.49. The Kier molecular flexibility index (Phi) is 3.92. The van der Waals surface area contributed by atoms with Gasteiger partial charge in [0.25, 0.3) is 0 Å². The molecular formula is C13H6Br2F2O. The molecule has 0 amide bonds. The Bertz CT molecular complexity index is 573. The molecule has 0 saturated heterocycles. The molecule has 0 aliphatic rings. The highest BCUT2D eigenvalue weighted by Gasteiger charge is 2.16. The normalized spacial score (nSPS) is 10.4. The summed E-state index contributed by atoms with van der Waals surface area (Å²) in [5.74, 6) is -1.49. The highest BCUT2D eigenvalue weighted by atomic mass is 79.9. The maximum atomic E-state index is 13.1. The van der Waals surface area contributed by atoms with Crippen molar-refractivity contribution in [3.63, 3.8) is 0 Å². The van der Waals surface area contributed by atoms with Gasteiger partial charge in [0.1, 0.15) is 11.6 Å². The summed E-state index contributed by atoms with van der Waals surface area (Å²) in [7, 11) is 0. The second-order valence-corrected chi connectivity index (χ2v) is 5.29. The number of halogens is 4. The zero-order valence-corrected chi connectivity index (χ0v) is 12.1. The standard InChI is InChI=1S/C13H6Br2F2O/c14-11-3-1-7(16)5-9(11)13(18)10-6-8(17)2-4-12(10)15/h1-6H. The van der Waals surface area contributed by atoms with E-state index in [1.165, 1.54) is 24.3 Å². The van der Waals surface area contributed by atoms with Crippen LogP contribution < -0.4 is 0 Å². The molecule has 0 aliphatic carbocycles. The fraction of sp³-hybridized carbons (Fsp3) is 0. The summed E-state index contributed by atoms with van der Waals surface area (Å²) in [6, 6.07) is 7.59. The number of carbonyl (C=O) groups is 1. The summed E-state index contributed by atoms with van der Waals surface area (Å²) in [4.78, 5) is 12.2.